The highest BCUT2D eigenvalue weighted by Crippen LogP contribution is 2.33. The van der Waals surface area contributed by atoms with Crippen LogP contribution in [0.5, 0.6) is 0 Å². The van der Waals surface area contributed by atoms with Gasteiger partial charge in [0, 0.05) is 29.8 Å². The molecule has 0 N–H and O–H groups in total. The molecule has 0 amide bonds. The summed E-state index contributed by atoms with van der Waals surface area (Å²) in [6.45, 7) is -0.0394. The van der Waals surface area contributed by atoms with Gasteiger partial charge in [-0.3, -0.25) is 9.59 Å². The lowest BCUT2D eigenvalue weighted by Gasteiger charge is -2.09. The van der Waals surface area contributed by atoms with E-state index in [1.807, 2.05) is 0 Å². The van der Waals surface area contributed by atoms with Crippen molar-refractivity contribution in [3.63, 3.8) is 0 Å². The Labute approximate surface area is 255 Å². The van der Waals surface area contributed by atoms with Crippen molar-refractivity contribution in [1.82, 2.24) is 13.5 Å². The highest BCUT2D eigenvalue weighted by atomic mass is 32.2. The summed E-state index contributed by atoms with van der Waals surface area (Å²) in [5.41, 5.74) is 1.61. The minimum atomic E-state index is -4.04. The van der Waals surface area contributed by atoms with Crippen LogP contribution in [0.4, 0.5) is 13.2 Å². The number of carbonyl (C=O) groups is 1. The second kappa shape index (κ2) is 12.0. The van der Waals surface area contributed by atoms with Crippen molar-refractivity contribution in [3.8, 4) is 11.1 Å². The number of aryl methyl sites for hydroxylation is 1. The third-order valence-electron chi connectivity index (χ3n) is 7.41. The molecule has 0 radical (unpaired) electrons. The largest absolute Gasteiger partial charge is 0.310 e. The highest BCUT2D eigenvalue weighted by Gasteiger charge is 2.23. The summed E-state index contributed by atoms with van der Waals surface area (Å²) in [6.07, 6.45) is 4.09. The maximum Gasteiger partial charge on any atom is 0.269 e. The van der Waals surface area contributed by atoms with Crippen molar-refractivity contribution >= 4 is 26.8 Å². The third kappa shape index (κ3) is 5.94. The van der Waals surface area contributed by atoms with Gasteiger partial charge in [0.1, 0.15) is 5.82 Å². The number of benzene rings is 3. The molecule has 3 aromatic carbocycles. The predicted molar refractivity (Wildman–Crippen MR) is 163 cm³/mol. The molecule has 45 heavy (non-hydrogen) atoms. The van der Waals surface area contributed by atoms with E-state index in [-0.39, 0.29) is 35.5 Å². The van der Waals surface area contributed by atoms with Gasteiger partial charge in [-0.05, 0) is 65.6 Å². The summed E-state index contributed by atoms with van der Waals surface area (Å²) < 4.78 is 70.5. The molecule has 7 nitrogen and oxygen atoms in total. The molecule has 226 valence electrons. The first-order chi connectivity index (χ1) is 21.6. The Morgan fingerprint density at radius 1 is 0.822 bits per heavy atom. The fourth-order valence-corrected chi connectivity index (χ4v) is 6.51. The summed E-state index contributed by atoms with van der Waals surface area (Å²) in [5.74, 6) is -3.05. The quantitative estimate of drug-likeness (QED) is 0.174. The first-order valence-electron chi connectivity index (χ1n) is 13.8. The number of hydrogen-bond acceptors (Lipinski definition) is 5. The Morgan fingerprint density at radius 2 is 1.62 bits per heavy atom. The predicted octanol–water partition coefficient (Wildman–Crippen LogP) is 6.38. The van der Waals surface area contributed by atoms with E-state index in [4.69, 9.17) is 0 Å². The normalized spacial score (nSPS) is 11.6. The third-order valence-corrected chi connectivity index (χ3v) is 9.08. The summed E-state index contributed by atoms with van der Waals surface area (Å²) in [5, 5.41) is 0.300. The van der Waals surface area contributed by atoms with Crippen LogP contribution in [0.25, 0.3) is 22.2 Å². The van der Waals surface area contributed by atoms with Crippen LogP contribution < -0.4 is 5.56 Å². The minimum Gasteiger partial charge on any atom is -0.310 e. The molecular formula is C34H24F3N3O4S. The molecule has 0 bridgehead atoms. The Kier molecular flexibility index (Phi) is 7.94. The van der Waals surface area contributed by atoms with E-state index < -0.39 is 38.8 Å². The van der Waals surface area contributed by atoms with Crippen LogP contribution in [0, 0.1) is 17.5 Å². The van der Waals surface area contributed by atoms with Crippen molar-refractivity contribution in [2.75, 3.05) is 0 Å². The number of Topliss-reactive ketones (excluding diaryl/α,β-unsaturated/α-hetero) is 1. The van der Waals surface area contributed by atoms with Gasteiger partial charge in [0.15, 0.2) is 23.1 Å². The number of nitrogens with zero attached hydrogens (tertiary/aromatic N) is 3. The van der Waals surface area contributed by atoms with Crippen molar-refractivity contribution in [2.45, 2.75) is 24.3 Å². The molecule has 11 heteroatoms. The number of pyridine rings is 2. The maximum atomic E-state index is 14.3. The number of hydrogen-bond donors (Lipinski definition) is 0. The van der Waals surface area contributed by atoms with Gasteiger partial charge >= 0.3 is 0 Å². The molecule has 0 atom stereocenters. The fourth-order valence-electron chi connectivity index (χ4n) is 5.17. The molecule has 0 unspecified atom stereocenters. The van der Waals surface area contributed by atoms with E-state index in [1.54, 1.807) is 48.5 Å². The van der Waals surface area contributed by atoms with Gasteiger partial charge in [0.2, 0.25) is 0 Å². The van der Waals surface area contributed by atoms with E-state index in [2.05, 4.69) is 4.98 Å². The Balaban J connectivity index is 1.26. The Hall–Kier alpha value is -5.29. The average molecular weight is 628 g/mol. The molecule has 0 saturated heterocycles. The Morgan fingerprint density at radius 3 is 2.40 bits per heavy atom. The number of rotatable bonds is 9. The molecule has 6 aromatic rings. The summed E-state index contributed by atoms with van der Waals surface area (Å²) in [6, 6.07) is 22.4. The monoisotopic (exact) mass is 627 g/mol. The van der Waals surface area contributed by atoms with E-state index in [1.165, 1.54) is 47.3 Å². The lowest BCUT2D eigenvalue weighted by molar-refractivity contribution is 0.0980. The number of ketones is 1. The van der Waals surface area contributed by atoms with Crippen LogP contribution in [0.3, 0.4) is 0 Å². The van der Waals surface area contributed by atoms with Gasteiger partial charge in [-0.2, -0.15) is 0 Å². The van der Waals surface area contributed by atoms with Crippen molar-refractivity contribution < 1.29 is 26.4 Å². The molecule has 0 aliphatic heterocycles. The fraction of sp³-hybridized carbons (Fsp3) is 0.0882. The lowest BCUT2D eigenvalue weighted by Crippen LogP contribution is -2.26. The van der Waals surface area contributed by atoms with Crippen molar-refractivity contribution in [2.24, 2.45) is 0 Å². The number of aromatic nitrogens is 3. The van der Waals surface area contributed by atoms with Crippen LogP contribution >= 0.6 is 0 Å². The van der Waals surface area contributed by atoms with Crippen LogP contribution in [-0.4, -0.2) is 27.7 Å². The average Bonchev–Trinajstić information content (AvgIpc) is 3.43. The second-order valence-electron chi connectivity index (χ2n) is 10.4. The first-order valence-corrected chi connectivity index (χ1v) is 15.3. The van der Waals surface area contributed by atoms with Crippen molar-refractivity contribution in [1.29, 1.82) is 0 Å². The molecule has 3 aromatic heterocycles. The zero-order chi connectivity index (χ0) is 31.7. The van der Waals surface area contributed by atoms with Gasteiger partial charge in [-0.15, -0.1) is 0 Å². The second-order valence-corrected chi connectivity index (χ2v) is 12.2. The Bertz CT molecular complexity index is 2250. The topological polar surface area (TPSA) is 91.0 Å². The van der Waals surface area contributed by atoms with Crippen LogP contribution in [0.15, 0.2) is 119 Å². The summed E-state index contributed by atoms with van der Waals surface area (Å²) >= 11 is 0. The summed E-state index contributed by atoms with van der Waals surface area (Å²) in [7, 11) is -4.04. The number of carbonyl (C=O) groups excluding carboxylic acids is 1. The number of fused-ring (bicyclic) bond motifs is 1. The lowest BCUT2D eigenvalue weighted by atomic mass is 9.99. The maximum absolute atomic E-state index is 14.3. The van der Waals surface area contributed by atoms with Crippen LogP contribution in [0.1, 0.15) is 27.9 Å². The molecule has 0 saturated carbocycles. The SMILES string of the molecule is O=C(CCc1cccc(-c2cn(S(=O)(=O)c3ccccc3)c3ncc(F)cc23)c1)c1cccn(Cc2ccc(F)c(F)c2)c1=O. The van der Waals surface area contributed by atoms with E-state index in [0.29, 0.717) is 22.1 Å². The standard InChI is InChI=1S/C34H24F3N3O4S/c35-25-18-28-29(21-40(33(28)38-19-25)45(43,44)26-8-2-1-3-9-26)24-7-4-6-22(16-24)12-14-32(41)27-10-5-15-39(34(27)42)20-23-11-13-30(36)31(37)17-23/h1-11,13,15-19,21H,12,14,20H2. The zero-order valence-electron chi connectivity index (χ0n) is 23.5. The molecule has 0 aliphatic carbocycles. The van der Waals surface area contributed by atoms with E-state index in [9.17, 15) is 31.2 Å². The van der Waals surface area contributed by atoms with Gasteiger partial charge in [-0.25, -0.2) is 30.5 Å². The molecule has 0 fully saturated rings. The molecule has 0 aliphatic rings. The zero-order valence-corrected chi connectivity index (χ0v) is 24.3. The number of halogens is 3. The molecule has 0 spiro atoms. The highest BCUT2D eigenvalue weighted by molar-refractivity contribution is 7.90. The summed E-state index contributed by atoms with van der Waals surface area (Å²) in [4.78, 5) is 30.3. The van der Waals surface area contributed by atoms with E-state index >= 15 is 0 Å². The smallest absolute Gasteiger partial charge is 0.269 e. The van der Waals surface area contributed by atoms with Gasteiger partial charge in [0.25, 0.3) is 15.6 Å². The van der Waals surface area contributed by atoms with Crippen LogP contribution in [0.2, 0.25) is 0 Å². The van der Waals surface area contributed by atoms with Gasteiger partial charge in [-0.1, -0.05) is 48.5 Å². The molecular weight excluding hydrogens is 603 g/mol. The van der Waals surface area contributed by atoms with E-state index in [0.717, 1.165) is 27.9 Å². The first kappa shape index (κ1) is 29.8. The van der Waals surface area contributed by atoms with Gasteiger partial charge < -0.3 is 4.57 Å². The minimum absolute atomic E-state index is 0.00574. The molecule has 3 heterocycles. The van der Waals surface area contributed by atoms with Crippen LogP contribution in [-0.2, 0) is 23.0 Å². The van der Waals surface area contributed by atoms with Gasteiger partial charge in [0.05, 0.1) is 23.2 Å². The van der Waals surface area contributed by atoms with Crippen molar-refractivity contribution in [3.05, 3.63) is 154 Å². The molecule has 6 rings (SSSR count).